The first-order valence-corrected chi connectivity index (χ1v) is 12.6. The van der Waals surface area contributed by atoms with Gasteiger partial charge in [0.05, 0.1) is 24.1 Å². The lowest BCUT2D eigenvalue weighted by molar-refractivity contribution is -0.123. The number of nitrogens with one attached hydrogen (secondary N) is 1. The molecule has 33 heavy (non-hydrogen) atoms. The van der Waals surface area contributed by atoms with Crippen LogP contribution in [-0.2, 0) is 21.2 Å². The molecule has 8 nitrogen and oxygen atoms in total. The molecule has 1 amide bonds. The lowest BCUT2D eigenvalue weighted by atomic mass is 10.1. The highest BCUT2D eigenvalue weighted by Crippen LogP contribution is 2.30. The molecule has 0 saturated carbocycles. The predicted molar refractivity (Wildman–Crippen MR) is 126 cm³/mol. The van der Waals surface area contributed by atoms with Crippen molar-refractivity contribution in [2.45, 2.75) is 30.6 Å². The zero-order valence-electron chi connectivity index (χ0n) is 18.8. The number of halogens is 1. The molecule has 0 aliphatic carbocycles. The average molecular weight is 497 g/mol. The monoisotopic (exact) mass is 496 g/mol. The van der Waals surface area contributed by atoms with Crippen molar-refractivity contribution in [3.8, 4) is 17.2 Å². The number of benzene rings is 2. The zero-order chi connectivity index (χ0) is 23.8. The third-order valence-corrected chi connectivity index (χ3v) is 7.59. The van der Waals surface area contributed by atoms with Gasteiger partial charge in [-0.1, -0.05) is 24.1 Å². The van der Waals surface area contributed by atoms with Gasteiger partial charge in [0.25, 0.3) is 5.91 Å². The third-order valence-electron chi connectivity index (χ3n) is 5.40. The smallest absolute Gasteiger partial charge is 0.257 e. The second-order valence-electron chi connectivity index (χ2n) is 7.63. The van der Waals surface area contributed by atoms with E-state index in [-0.39, 0.29) is 28.2 Å². The molecule has 1 aliphatic rings. The number of carbonyl (C=O) groups is 1. The minimum atomic E-state index is -3.58. The second-order valence-corrected chi connectivity index (χ2v) is 9.98. The topological polar surface area (TPSA) is 94.2 Å². The van der Waals surface area contributed by atoms with E-state index in [0.717, 1.165) is 24.8 Å². The average Bonchev–Trinajstić information content (AvgIpc) is 2.83. The highest BCUT2D eigenvalue weighted by atomic mass is 35.5. The Morgan fingerprint density at radius 1 is 1.00 bits per heavy atom. The van der Waals surface area contributed by atoms with Crippen LogP contribution in [0.2, 0.25) is 5.02 Å². The Labute approximate surface area is 199 Å². The van der Waals surface area contributed by atoms with E-state index in [9.17, 15) is 13.2 Å². The highest BCUT2D eigenvalue weighted by molar-refractivity contribution is 7.89. The van der Waals surface area contributed by atoms with Gasteiger partial charge in [0.1, 0.15) is 5.75 Å². The summed E-state index contributed by atoms with van der Waals surface area (Å²) in [7, 11) is -0.438. The lowest BCUT2D eigenvalue weighted by Crippen LogP contribution is -2.35. The predicted octanol–water partition coefficient (Wildman–Crippen LogP) is 3.27. The Morgan fingerprint density at radius 3 is 2.36 bits per heavy atom. The molecule has 2 aromatic rings. The minimum absolute atomic E-state index is 0.126. The van der Waals surface area contributed by atoms with Crippen LogP contribution in [0.1, 0.15) is 24.8 Å². The van der Waals surface area contributed by atoms with Crippen molar-refractivity contribution in [2.75, 3.05) is 40.5 Å². The van der Waals surface area contributed by atoms with E-state index < -0.39 is 10.0 Å². The standard InChI is InChI=1S/C23H29ClN2O6S/c1-30-21-8-6-17(14-22(21)31-2)10-11-25-23(27)16-32-20-9-7-18(15-19(20)24)33(28,29)26-12-4-3-5-13-26/h6-9,14-15H,3-5,10-13,16H2,1-2H3,(H,25,27). The van der Waals surface area contributed by atoms with Gasteiger partial charge in [-0.15, -0.1) is 0 Å². The van der Waals surface area contributed by atoms with Gasteiger partial charge in [0.15, 0.2) is 18.1 Å². The summed E-state index contributed by atoms with van der Waals surface area (Å²) in [6.07, 6.45) is 3.36. The number of rotatable bonds is 10. The molecule has 0 radical (unpaired) electrons. The highest BCUT2D eigenvalue weighted by Gasteiger charge is 2.26. The summed E-state index contributed by atoms with van der Waals surface area (Å²) < 4.78 is 43.0. The Hall–Kier alpha value is -2.49. The first kappa shape index (κ1) is 25.1. The van der Waals surface area contributed by atoms with Crippen molar-refractivity contribution in [3.63, 3.8) is 0 Å². The van der Waals surface area contributed by atoms with Crippen LogP contribution in [0, 0.1) is 0 Å². The first-order valence-electron chi connectivity index (χ1n) is 10.7. The van der Waals surface area contributed by atoms with Crippen LogP contribution in [0.25, 0.3) is 0 Å². The van der Waals surface area contributed by atoms with Crippen molar-refractivity contribution in [2.24, 2.45) is 0 Å². The second kappa shape index (κ2) is 11.6. The zero-order valence-corrected chi connectivity index (χ0v) is 20.4. The van der Waals surface area contributed by atoms with Gasteiger partial charge in [-0.3, -0.25) is 4.79 Å². The Bertz CT molecular complexity index is 1070. The summed E-state index contributed by atoms with van der Waals surface area (Å²) in [6.45, 7) is 1.21. The number of hydrogen-bond donors (Lipinski definition) is 1. The molecule has 1 heterocycles. The van der Waals surface area contributed by atoms with E-state index >= 15 is 0 Å². The van der Waals surface area contributed by atoms with E-state index in [1.165, 1.54) is 22.5 Å². The molecule has 0 spiro atoms. The summed E-state index contributed by atoms with van der Waals surface area (Å²) in [5.74, 6) is 1.22. The molecule has 1 fully saturated rings. The molecule has 0 atom stereocenters. The van der Waals surface area contributed by atoms with Gasteiger partial charge < -0.3 is 19.5 Å². The van der Waals surface area contributed by atoms with E-state index in [2.05, 4.69) is 5.32 Å². The van der Waals surface area contributed by atoms with Crippen molar-refractivity contribution >= 4 is 27.5 Å². The van der Waals surface area contributed by atoms with Crippen LogP contribution in [0.3, 0.4) is 0 Å². The number of nitrogens with zero attached hydrogens (tertiary/aromatic N) is 1. The number of carbonyl (C=O) groups excluding carboxylic acids is 1. The molecular formula is C23H29ClN2O6S. The fourth-order valence-electron chi connectivity index (χ4n) is 3.59. The third kappa shape index (κ3) is 6.52. The van der Waals surface area contributed by atoms with Crippen LogP contribution < -0.4 is 19.5 Å². The molecule has 0 bridgehead atoms. The van der Waals surface area contributed by atoms with Gasteiger partial charge in [-0.25, -0.2) is 8.42 Å². The van der Waals surface area contributed by atoms with Gasteiger partial charge in [0, 0.05) is 19.6 Å². The molecule has 0 unspecified atom stereocenters. The summed E-state index contributed by atoms with van der Waals surface area (Å²) in [5.41, 5.74) is 0.988. The minimum Gasteiger partial charge on any atom is -0.493 e. The van der Waals surface area contributed by atoms with Gasteiger partial charge in [-0.2, -0.15) is 4.31 Å². The van der Waals surface area contributed by atoms with Crippen molar-refractivity contribution in [1.82, 2.24) is 9.62 Å². The van der Waals surface area contributed by atoms with E-state index in [1.54, 1.807) is 14.2 Å². The van der Waals surface area contributed by atoms with Gasteiger partial charge in [0.2, 0.25) is 10.0 Å². The molecule has 180 valence electrons. The number of sulfonamides is 1. The van der Waals surface area contributed by atoms with Gasteiger partial charge >= 0.3 is 0 Å². The molecule has 1 N–H and O–H groups in total. The van der Waals surface area contributed by atoms with Crippen molar-refractivity contribution in [1.29, 1.82) is 0 Å². The maximum Gasteiger partial charge on any atom is 0.257 e. The molecule has 3 rings (SSSR count). The number of ether oxygens (including phenoxy) is 3. The normalized spacial score (nSPS) is 14.5. The quantitative estimate of drug-likeness (QED) is 0.542. The summed E-state index contributed by atoms with van der Waals surface area (Å²) in [6, 6.07) is 9.90. The van der Waals surface area contributed by atoms with Crippen LogP contribution in [0.15, 0.2) is 41.3 Å². The SMILES string of the molecule is COc1ccc(CCNC(=O)COc2ccc(S(=O)(=O)N3CCCCC3)cc2Cl)cc1OC. The van der Waals surface area contributed by atoms with E-state index in [1.807, 2.05) is 18.2 Å². The molecular weight excluding hydrogens is 468 g/mol. The van der Waals surface area contributed by atoms with E-state index in [4.69, 9.17) is 25.8 Å². The maximum atomic E-state index is 12.8. The summed E-state index contributed by atoms with van der Waals surface area (Å²) in [5, 5.41) is 2.93. The van der Waals surface area contributed by atoms with Crippen LogP contribution in [0.5, 0.6) is 17.2 Å². The first-order chi connectivity index (χ1) is 15.8. The molecule has 0 aromatic heterocycles. The number of piperidine rings is 1. The Kier molecular flexibility index (Phi) is 8.82. The number of methoxy groups -OCH3 is 2. The molecule has 10 heteroatoms. The number of hydrogen-bond acceptors (Lipinski definition) is 6. The summed E-state index contributed by atoms with van der Waals surface area (Å²) in [4.78, 5) is 12.3. The fraction of sp³-hybridized carbons (Fsp3) is 0.435. The molecule has 1 aliphatic heterocycles. The Balaban J connectivity index is 1.50. The van der Waals surface area contributed by atoms with Crippen LogP contribution in [-0.4, -0.2) is 59.1 Å². The maximum absolute atomic E-state index is 12.8. The van der Waals surface area contributed by atoms with E-state index in [0.29, 0.717) is 37.6 Å². The largest absolute Gasteiger partial charge is 0.493 e. The van der Waals surface area contributed by atoms with Crippen LogP contribution in [0.4, 0.5) is 0 Å². The van der Waals surface area contributed by atoms with Gasteiger partial charge in [-0.05, 0) is 55.2 Å². The summed E-state index contributed by atoms with van der Waals surface area (Å²) >= 11 is 6.23. The number of amides is 1. The van der Waals surface area contributed by atoms with Crippen molar-refractivity contribution in [3.05, 3.63) is 47.0 Å². The Morgan fingerprint density at radius 2 is 1.70 bits per heavy atom. The fourth-order valence-corrected chi connectivity index (χ4v) is 5.43. The lowest BCUT2D eigenvalue weighted by Gasteiger charge is -2.26. The molecule has 2 aromatic carbocycles. The van der Waals surface area contributed by atoms with Crippen LogP contribution >= 0.6 is 11.6 Å². The van der Waals surface area contributed by atoms with Crippen molar-refractivity contribution < 1.29 is 27.4 Å². The molecule has 1 saturated heterocycles.